The Morgan fingerprint density at radius 2 is 2.06 bits per heavy atom. The Labute approximate surface area is 123 Å². The molecule has 0 unspecified atom stereocenters. The SMILES string of the molecule is O=C(Cl)c1ccc2c(I)ncn2c1N1CCCC1. The molecule has 94 valence electrons. The second kappa shape index (κ2) is 4.70. The molecule has 1 fully saturated rings. The van der Waals surface area contributed by atoms with E-state index in [1.807, 2.05) is 10.5 Å². The zero-order valence-corrected chi connectivity index (χ0v) is 12.5. The number of anilines is 1. The molecule has 0 radical (unpaired) electrons. The molecule has 3 rings (SSSR count). The van der Waals surface area contributed by atoms with Crippen LogP contribution in [0.15, 0.2) is 18.5 Å². The molecule has 3 heterocycles. The molecule has 0 saturated carbocycles. The van der Waals surface area contributed by atoms with Crippen molar-refractivity contribution in [3.63, 3.8) is 0 Å². The van der Waals surface area contributed by atoms with E-state index in [-0.39, 0.29) is 0 Å². The van der Waals surface area contributed by atoms with Crippen LogP contribution in [-0.2, 0) is 0 Å². The van der Waals surface area contributed by atoms with Gasteiger partial charge in [-0.3, -0.25) is 9.20 Å². The third-order valence-corrected chi connectivity index (χ3v) is 4.29. The van der Waals surface area contributed by atoms with Crippen molar-refractivity contribution in [1.82, 2.24) is 9.38 Å². The number of fused-ring (bicyclic) bond motifs is 1. The minimum absolute atomic E-state index is 0.414. The lowest BCUT2D eigenvalue weighted by Gasteiger charge is -2.21. The molecule has 1 saturated heterocycles. The van der Waals surface area contributed by atoms with Gasteiger partial charge in [0.25, 0.3) is 5.24 Å². The molecule has 0 amide bonds. The molecule has 2 aromatic heterocycles. The zero-order valence-electron chi connectivity index (χ0n) is 9.57. The molecule has 0 N–H and O–H groups in total. The number of aromatic nitrogens is 2. The number of halogens is 2. The first-order chi connectivity index (χ1) is 8.68. The van der Waals surface area contributed by atoms with Gasteiger partial charge in [-0.25, -0.2) is 4.98 Å². The van der Waals surface area contributed by atoms with E-state index in [4.69, 9.17) is 11.6 Å². The first kappa shape index (κ1) is 12.2. The van der Waals surface area contributed by atoms with Crippen molar-refractivity contribution in [3.05, 3.63) is 27.7 Å². The van der Waals surface area contributed by atoms with Crippen LogP contribution in [-0.4, -0.2) is 27.7 Å². The Bertz CT molecular complexity index is 619. The van der Waals surface area contributed by atoms with Gasteiger partial charge in [-0.05, 0) is 59.2 Å². The molecule has 0 aromatic carbocycles. The molecular weight excluding hydrogens is 365 g/mol. The van der Waals surface area contributed by atoms with Crippen LogP contribution in [0.2, 0.25) is 0 Å². The molecule has 0 bridgehead atoms. The number of carbonyl (C=O) groups is 1. The van der Waals surface area contributed by atoms with Crippen LogP contribution in [0.1, 0.15) is 23.2 Å². The fraction of sp³-hybridized carbons (Fsp3) is 0.333. The number of hydrogen-bond acceptors (Lipinski definition) is 3. The minimum Gasteiger partial charge on any atom is -0.357 e. The summed E-state index contributed by atoms with van der Waals surface area (Å²) in [5.41, 5.74) is 1.57. The van der Waals surface area contributed by atoms with Crippen molar-refractivity contribution in [3.8, 4) is 0 Å². The van der Waals surface area contributed by atoms with E-state index in [1.54, 1.807) is 12.4 Å². The number of imidazole rings is 1. The van der Waals surface area contributed by atoms with E-state index in [1.165, 1.54) is 0 Å². The Balaban J connectivity index is 2.28. The Morgan fingerprint density at radius 1 is 1.33 bits per heavy atom. The summed E-state index contributed by atoms with van der Waals surface area (Å²) in [4.78, 5) is 18.1. The van der Waals surface area contributed by atoms with E-state index in [2.05, 4.69) is 32.5 Å². The average Bonchev–Trinajstić information content (AvgIpc) is 2.98. The van der Waals surface area contributed by atoms with Gasteiger partial charge < -0.3 is 4.90 Å². The molecule has 2 aromatic rings. The molecule has 6 heteroatoms. The van der Waals surface area contributed by atoms with E-state index in [0.717, 1.165) is 41.0 Å². The van der Waals surface area contributed by atoms with Crippen molar-refractivity contribution in [2.24, 2.45) is 0 Å². The zero-order chi connectivity index (χ0) is 12.7. The van der Waals surface area contributed by atoms with Gasteiger partial charge in [0, 0.05) is 13.1 Å². The number of rotatable bonds is 2. The number of carbonyl (C=O) groups excluding carboxylic acids is 1. The normalized spacial score (nSPS) is 15.6. The summed E-state index contributed by atoms with van der Waals surface area (Å²) in [6, 6.07) is 3.69. The maximum absolute atomic E-state index is 11.6. The standard InChI is InChI=1S/C12H11ClIN3O/c13-10(18)8-3-4-9-11(14)15-7-17(9)12(8)16-5-1-2-6-16/h3-4,7H,1-2,5-6H2. The van der Waals surface area contributed by atoms with Crippen LogP contribution in [0.25, 0.3) is 5.52 Å². The van der Waals surface area contributed by atoms with Gasteiger partial charge in [0.1, 0.15) is 15.8 Å². The highest BCUT2D eigenvalue weighted by Crippen LogP contribution is 2.28. The van der Waals surface area contributed by atoms with Crippen LogP contribution in [0, 0.1) is 3.70 Å². The highest BCUT2D eigenvalue weighted by Gasteiger charge is 2.22. The summed E-state index contributed by atoms with van der Waals surface area (Å²) in [6.07, 6.45) is 4.06. The van der Waals surface area contributed by atoms with Crippen molar-refractivity contribution in [2.75, 3.05) is 18.0 Å². The summed E-state index contributed by atoms with van der Waals surface area (Å²) in [5.74, 6) is 0.875. The molecule has 18 heavy (non-hydrogen) atoms. The van der Waals surface area contributed by atoms with E-state index in [0.29, 0.717) is 5.56 Å². The molecule has 0 spiro atoms. The third kappa shape index (κ3) is 1.89. The fourth-order valence-electron chi connectivity index (χ4n) is 2.43. The Hall–Kier alpha value is -0.820. The monoisotopic (exact) mass is 375 g/mol. The Kier molecular flexibility index (Phi) is 3.19. The quantitative estimate of drug-likeness (QED) is 0.598. The smallest absolute Gasteiger partial charge is 0.256 e. The average molecular weight is 376 g/mol. The van der Waals surface area contributed by atoms with Crippen LogP contribution in [0.4, 0.5) is 5.82 Å². The lowest BCUT2D eigenvalue weighted by atomic mass is 10.2. The van der Waals surface area contributed by atoms with Crippen molar-refractivity contribution in [1.29, 1.82) is 0 Å². The summed E-state index contributed by atoms with van der Waals surface area (Å²) < 4.78 is 2.89. The maximum atomic E-state index is 11.6. The van der Waals surface area contributed by atoms with Crippen LogP contribution in [0.5, 0.6) is 0 Å². The lowest BCUT2D eigenvalue weighted by Crippen LogP contribution is -2.22. The fourth-order valence-corrected chi connectivity index (χ4v) is 3.14. The topological polar surface area (TPSA) is 37.6 Å². The maximum Gasteiger partial charge on any atom is 0.256 e. The van der Waals surface area contributed by atoms with Crippen LogP contribution < -0.4 is 4.90 Å². The van der Waals surface area contributed by atoms with Crippen molar-refractivity contribution >= 4 is 50.8 Å². The number of nitrogens with zero attached hydrogens (tertiary/aromatic N) is 3. The molecule has 0 atom stereocenters. The second-order valence-electron chi connectivity index (χ2n) is 4.33. The Morgan fingerprint density at radius 3 is 2.72 bits per heavy atom. The van der Waals surface area contributed by atoms with Gasteiger partial charge in [0.05, 0.1) is 11.1 Å². The van der Waals surface area contributed by atoms with Crippen LogP contribution >= 0.6 is 34.2 Å². The first-order valence-corrected chi connectivity index (χ1v) is 7.24. The van der Waals surface area contributed by atoms with Gasteiger partial charge in [-0.1, -0.05) is 0 Å². The predicted octanol–water partition coefficient (Wildman–Crippen LogP) is 2.92. The number of hydrogen-bond donors (Lipinski definition) is 0. The van der Waals surface area contributed by atoms with E-state index in [9.17, 15) is 4.79 Å². The minimum atomic E-state index is -0.414. The summed E-state index contributed by atoms with van der Waals surface area (Å²) in [6.45, 7) is 1.93. The van der Waals surface area contributed by atoms with E-state index < -0.39 is 5.24 Å². The molecule has 4 nitrogen and oxygen atoms in total. The molecular formula is C12H11ClIN3O. The lowest BCUT2D eigenvalue weighted by molar-refractivity contribution is 0.108. The van der Waals surface area contributed by atoms with Gasteiger partial charge >= 0.3 is 0 Å². The first-order valence-electron chi connectivity index (χ1n) is 5.79. The van der Waals surface area contributed by atoms with Gasteiger partial charge in [0.15, 0.2) is 0 Å². The predicted molar refractivity (Wildman–Crippen MR) is 79.5 cm³/mol. The van der Waals surface area contributed by atoms with Gasteiger partial charge in [-0.2, -0.15) is 0 Å². The highest BCUT2D eigenvalue weighted by atomic mass is 127. The summed E-state index contributed by atoms with van der Waals surface area (Å²) in [7, 11) is 0. The molecule has 0 aliphatic carbocycles. The summed E-state index contributed by atoms with van der Waals surface area (Å²) >= 11 is 7.89. The third-order valence-electron chi connectivity index (χ3n) is 3.25. The largest absolute Gasteiger partial charge is 0.357 e. The molecule has 1 aliphatic heterocycles. The van der Waals surface area contributed by atoms with Gasteiger partial charge in [0.2, 0.25) is 0 Å². The van der Waals surface area contributed by atoms with Gasteiger partial charge in [-0.15, -0.1) is 0 Å². The highest BCUT2D eigenvalue weighted by molar-refractivity contribution is 14.1. The van der Waals surface area contributed by atoms with Crippen molar-refractivity contribution in [2.45, 2.75) is 12.8 Å². The number of pyridine rings is 1. The van der Waals surface area contributed by atoms with Crippen molar-refractivity contribution < 1.29 is 4.79 Å². The second-order valence-corrected chi connectivity index (χ2v) is 5.69. The summed E-state index contributed by atoms with van der Waals surface area (Å²) in [5, 5.41) is -0.414. The van der Waals surface area contributed by atoms with Crippen LogP contribution in [0.3, 0.4) is 0 Å². The van der Waals surface area contributed by atoms with E-state index >= 15 is 0 Å². The molecule has 1 aliphatic rings.